The Morgan fingerprint density at radius 2 is 1.82 bits per heavy atom. The number of nitrogens with one attached hydrogen (secondary N) is 1. The van der Waals surface area contributed by atoms with Crippen molar-refractivity contribution in [3.63, 3.8) is 0 Å². The van der Waals surface area contributed by atoms with E-state index in [4.69, 9.17) is 9.15 Å². The molecular formula is C24H29N3O5S. The van der Waals surface area contributed by atoms with Gasteiger partial charge in [-0.3, -0.25) is 4.79 Å². The monoisotopic (exact) mass is 471 g/mol. The van der Waals surface area contributed by atoms with Gasteiger partial charge in [0.05, 0.1) is 23.4 Å². The Labute approximate surface area is 194 Å². The maximum atomic E-state index is 13.2. The number of anilines is 2. The van der Waals surface area contributed by atoms with Crippen LogP contribution in [0.3, 0.4) is 0 Å². The van der Waals surface area contributed by atoms with Crippen LogP contribution in [0.2, 0.25) is 0 Å². The van der Waals surface area contributed by atoms with E-state index in [1.807, 2.05) is 32.0 Å². The van der Waals surface area contributed by atoms with Gasteiger partial charge in [-0.2, -0.15) is 4.31 Å². The predicted molar refractivity (Wildman–Crippen MR) is 129 cm³/mol. The van der Waals surface area contributed by atoms with Crippen LogP contribution in [0.5, 0.6) is 5.75 Å². The molecule has 1 amide bonds. The Hall–Kier alpha value is -3.04. The van der Waals surface area contributed by atoms with Crippen LogP contribution in [0.15, 0.2) is 45.7 Å². The highest BCUT2D eigenvalue weighted by Crippen LogP contribution is 2.33. The SMILES string of the molecule is COc1ccc2oc(C(=O)Nc3cc(S(=O)(=O)N4CCCCC4)ccc3N(C)C)c(C)c2c1. The minimum absolute atomic E-state index is 0.163. The van der Waals surface area contributed by atoms with E-state index < -0.39 is 15.9 Å². The second-order valence-corrected chi connectivity index (χ2v) is 10.3. The van der Waals surface area contributed by atoms with E-state index in [2.05, 4.69) is 5.32 Å². The van der Waals surface area contributed by atoms with E-state index >= 15 is 0 Å². The summed E-state index contributed by atoms with van der Waals surface area (Å²) >= 11 is 0. The van der Waals surface area contributed by atoms with Gasteiger partial charge in [0, 0.05) is 38.1 Å². The summed E-state index contributed by atoms with van der Waals surface area (Å²) in [7, 11) is 1.62. The Bertz CT molecular complexity index is 1290. The first-order valence-corrected chi connectivity index (χ1v) is 12.4. The number of rotatable bonds is 6. The summed E-state index contributed by atoms with van der Waals surface area (Å²) in [5.41, 5.74) is 2.36. The van der Waals surface area contributed by atoms with Crippen molar-refractivity contribution in [2.45, 2.75) is 31.1 Å². The first-order chi connectivity index (χ1) is 15.7. The minimum atomic E-state index is -3.64. The lowest BCUT2D eigenvalue weighted by Gasteiger charge is -2.26. The molecule has 0 radical (unpaired) electrons. The van der Waals surface area contributed by atoms with E-state index in [0.29, 0.717) is 41.4 Å². The molecule has 1 aliphatic rings. The van der Waals surface area contributed by atoms with Crippen molar-refractivity contribution >= 4 is 38.3 Å². The highest BCUT2D eigenvalue weighted by Gasteiger charge is 2.27. The second kappa shape index (κ2) is 9.07. The molecule has 1 N–H and O–H groups in total. The van der Waals surface area contributed by atoms with Gasteiger partial charge in [-0.25, -0.2) is 8.42 Å². The van der Waals surface area contributed by atoms with Crippen molar-refractivity contribution in [3.8, 4) is 5.75 Å². The number of amides is 1. The molecule has 0 aliphatic carbocycles. The summed E-state index contributed by atoms with van der Waals surface area (Å²) in [4.78, 5) is 15.2. The summed E-state index contributed by atoms with van der Waals surface area (Å²) < 4.78 is 39.0. The van der Waals surface area contributed by atoms with Gasteiger partial charge in [-0.1, -0.05) is 6.42 Å². The molecule has 176 valence electrons. The van der Waals surface area contributed by atoms with Crippen LogP contribution in [0.1, 0.15) is 35.4 Å². The number of furan rings is 1. The van der Waals surface area contributed by atoms with Crippen molar-refractivity contribution in [1.82, 2.24) is 4.31 Å². The standard InChI is InChI=1S/C24H29N3O5S/c1-16-19-14-17(31-4)8-11-22(19)32-23(16)24(28)25-20-15-18(9-10-21(20)26(2)3)33(29,30)27-12-6-5-7-13-27/h8-11,14-15H,5-7,12-13H2,1-4H3,(H,25,28). The molecule has 0 unspecified atom stereocenters. The maximum Gasteiger partial charge on any atom is 0.291 e. The lowest BCUT2D eigenvalue weighted by atomic mass is 10.1. The Morgan fingerprint density at radius 3 is 2.48 bits per heavy atom. The minimum Gasteiger partial charge on any atom is -0.497 e. The first kappa shape index (κ1) is 23.1. The number of fused-ring (bicyclic) bond motifs is 1. The number of methoxy groups -OCH3 is 1. The third kappa shape index (κ3) is 4.43. The lowest BCUT2D eigenvalue weighted by Crippen LogP contribution is -2.35. The first-order valence-electron chi connectivity index (χ1n) is 10.9. The largest absolute Gasteiger partial charge is 0.497 e. The van der Waals surface area contributed by atoms with Crippen LogP contribution in [-0.4, -0.2) is 52.9 Å². The molecular weight excluding hydrogens is 442 g/mol. The summed E-state index contributed by atoms with van der Waals surface area (Å²) in [5.74, 6) is 0.398. The quantitative estimate of drug-likeness (QED) is 0.578. The van der Waals surface area contributed by atoms with Crippen molar-refractivity contribution in [2.24, 2.45) is 0 Å². The number of carbonyl (C=O) groups is 1. The Morgan fingerprint density at radius 1 is 1.09 bits per heavy atom. The summed E-state index contributed by atoms with van der Waals surface area (Å²) in [6.07, 6.45) is 2.75. The topological polar surface area (TPSA) is 92.1 Å². The number of piperidine rings is 1. The van der Waals surface area contributed by atoms with Crippen LogP contribution in [0.25, 0.3) is 11.0 Å². The molecule has 0 bridgehead atoms. The van der Waals surface area contributed by atoms with E-state index in [1.54, 1.807) is 31.4 Å². The van der Waals surface area contributed by atoms with E-state index in [9.17, 15) is 13.2 Å². The number of hydrogen-bond acceptors (Lipinski definition) is 6. The fraction of sp³-hybridized carbons (Fsp3) is 0.375. The van der Waals surface area contributed by atoms with Gasteiger partial charge in [0.25, 0.3) is 5.91 Å². The summed E-state index contributed by atoms with van der Waals surface area (Å²) in [5, 5.41) is 3.65. The van der Waals surface area contributed by atoms with Crippen molar-refractivity contribution in [2.75, 3.05) is 44.5 Å². The van der Waals surface area contributed by atoms with Crippen LogP contribution >= 0.6 is 0 Å². The van der Waals surface area contributed by atoms with Gasteiger partial charge in [-0.15, -0.1) is 0 Å². The van der Waals surface area contributed by atoms with Crippen molar-refractivity contribution < 1.29 is 22.4 Å². The van der Waals surface area contributed by atoms with Crippen LogP contribution in [0.4, 0.5) is 11.4 Å². The summed E-state index contributed by atoms with van der Waals surface area (Å²) in [6, 6.07) is 10.2. The fourth-order valence-corrected chi connectivity index (χ4v) is 5.69. The van der Waals surface area contributed by atoms with Gasteiger partial charge in [0.15, 0.2) is 5.76 Å². The molecule has 2 aromatic carbocycles. The number of sulfonamides is 1. The number of carbonyl (C=O) groups excluding carboxylic acids is 1. The zero-order valence-electron chi connectivity index (χ0n) is 19.3. The molecule has 8 nitrogen and oxygen atoms in total. The van der Waals surface area contributed by atoms with Crippen LogP contribution < -0.4 is 15.0 Å². The molecule has 9 heteroatoms. The van der Waals surface area contributed by atoms with E-state index in [1.165, 1.54) is 10.4 Å². The molecule has 0 spiro atoms. The molecule has 0 atom stereocenters. The lowest BCUT2D eigenvalue weighted by molar-refractivity contribution is 0.0998. The van der Waals surface area contributed by atoms with Crippen molar-refractivity contribution in [3.05, 3.63) is 47.7 Å². The number of hydrogen-bond donors (Lipinski definition) is 1. The van der Waals surface area contributed by atoms with Gasteiger partial charge in [0.1, 0.15) is 11.3 Å². The predicted octanol–water partition coefficient (Wildman–Crippen LogP) is 4.24. The molecule has 3 aromatic rings. The average Bonchev–Trinajstić information content (AvgIpc) is 3.15. The average molecular weight is 472 g/mol. The van der Waals surface area contributed by atoms with Gasteiger partial charge in [-0.05, 0) is 56.2 Å². The maximum absolute atomic E-state index is 13.2. The van der Waals surface area contributed by atoms with Crippen LogP contribution in [0, 0.1) is 6.92 Å². The Balaban J connectivity index is 1.69. The van der Waals surface area contributed by atoms with Gasteiger partial charge < -0.3 is 19.4 Å². The van der Waals surface area contributed by atoms with Crippen LogP contribution in [-0.2, 0) is 10.0 Å². The molecule has 1 saturated heterocycles. The molecule has 1 aromatic heterocycles. The number of nitrogens with zero attached hydrogens (tertiary/aromatic N) is 2. The normalized spacial score (nSPS) is 14.9. The van der Waals surface area contributed by atoms with E-state index in [-0.39, 0.29) is 10.7 Å². The molecule has 0 saturated carbocycles. The molecule has 1 fully saturated rings. The third-order valence-corrected chi connectivity index (χ3v) is 7.90. The number of ether oxygens (including phenoxy) is 1. The molecule has 33 heavy (non-hydrogen) atoms. The van der Waals surface area contributed by atoms with Crippen molar-refractivity contribution in [1.29, 1.82) is 0 Å². The molecule has 4 rings (SSSR count). The molecule has 1 aliphatic heterocycles. The number of benzene rings is 2. The van der Waals surface area contributed by atoms with Gasteiger partial charge >= 0.3 is 0 Å². The fourth-order valence-electron chi connectivity index (χ4n) is 4.14. The number of aryl methyl sites for hydroxylation is 1. The Kier molecular flexibility index (Phi) is 6.36. The van der Waals surface area contributed by atoms with E-state index in [0.717, 1.165) is 24.6 Å². The zero-order valence-corrected chi connectivity index (χ0v) is 20.2. The second-order valence-electron chi connectivity index (χ2n) is 8.41. The van der Waals surface area contributed by atoms with Gasteiger partial charge in [0.2, 0.25) is 10.0 Å². The zero-order chi connectivity index (χ0) is 23.8. The smallest absolute Gasteiger partial charge is 0.291 e. The molecule has 2 heterocycles. The summed E-state index contributed by atoms with van der Waals surface area (Å²) in [6.45, 7) is 2.84. The highest BCUT2D eigenvalue weighted by atomic mass is 32.2. The highest BCUT2D eigenvalue weighted by molar-refractivity contribution is 7.89. The third-order valence-electron chi connectivity index (χ3n) is 6.00.